The molecular weight excluding hydrogens is 234 g/mol. The van der Waals surface area contributed by atoms with Crippen molar-refractivity contribution in [2.75, 3.05) is 13.7 Å². The van der Waals surface area contributed by atoms with Gasteiger partial charge in [-0.15, -0.1) is 0 Å². The largest absolute Gasteiger partial charge is 0.486 e. The van der Waals surface area contributed by atoms with Crippen molar-refractivity contribution in [1.82, 2.24) is 0 Å². The van der Waals surface area contributed by atoms with Crippen LogP contribution in [0, 0.1) is 13.8 Å². The molecule has 17 heavy (non-hydrogen) atoms. The Hall–Kier alpha value is -1.42. The van der Waals surface area contributed by atoms with Crippen LogP contribution in [-0.4, -0.2) is 24.5 Å². The van der Waals surface area contributed by atoms with Crippen molar-refractivity contribution in [1.29, 1.82) is 0 Å². The maximum Gasteiger partial charge on any atom is 0.191 e. The molecule has 3 nitrogen and oxygen atoms in total. The van der Waals surface area contributed by atoms with Gasteiger partial charge in [0, 0.05) is 17.5 Å². The fourth-order valence-electron chi connectivity index (χ4n) is 2.10. The molecule has 0 radical (unpaired) electrons. The molecule has 4 heteroatoms. The molecule has 0 N–H and O–H groups in total. The molecule has 0 spiro atoms. The lowest BCUT2D eigenvalue weighted by Gasteiger charge is -2.13. The van der Waals surface area contributed by atoms with Crippen molar-refractivity contribution < 1.29 is 9.57 Å². The van der Waals surface area contributed by atoms with E-state index >= 15 is 0 Å². The second-order valence-corrected chi connectivity index (χ2v) is 4.41. The summed E-state index contributed by atoms with van der Waals surface area (Å²) < 4.78 is 5.13. The van der Waals surface area contributed by atoms with E-state index in [0.29, 0.717) is 11.7 Å². The predicted molar refractivity (Wildman–Crippen MR) is 71.7 cm³/mol. The van der Waals surface area contributed by atoms with Gasteiger partial charge < -0.3 is 9.57 Å². The first-order valence-electron chi connectivity index (χ1n) is 5.53. The van der Waals surface area contributed by atoms with Gasteiger partial charge in [-0.3, -0.25) is 0 Å². The van der Waals surface area contributed by atoms with E-state index in [4.69, 9.17) is 21.8 Å². The number of hydrogen-bond donors (Lipinski definition) is 0. The smallest absolute Gasteiger partial charge is 0.191 e. The second-order valence-electron chi connectivity index (χ2n) is 4.04. The average molecular weight is 249 g/mol. The lowest BCUT2D eigenvalue weighted by Crippen LogP contribution is -2.10. The van der Waals surface area contributed by atoms with Crippen molar-refractivity contribution >= 4 is 23.0 Å². The first-order chi connectivity index (χ1) is 8.15. The van der Waals surface area contributed by atoms with Crippen LogP contribution in [0.5, 0.6) is 0 Å². The molecule has 0 unspecified atom stereocenters. The van der Waals surface area contributed by atoms with Crippen LogP contribution in [0.3, 0.4) is 0 Å². The fraction of sp³-hybridized carbons (Fsp3) is 0.385. The summed E-state index contributed by atoms with van der Waals surface area (Å²) in [5.41, 5.74) is 5.40. The van der Waals surface area contributed by atoms with Gasteiger partial charge in [0.2, 0.25) is 0 Å². The quantitative estimate of drug-likeness (QED) is 0.755. The topological polar surface area (TPSA) is 30.8 Å². The highest BCUT2D eigenvalue weighted by molar-refractivity contribution is 7.80. The highest BCUT2D eigenvalue weighted by Crippen LogP contribution is 2.23. The van der Waals surface area contributed by atoms with Crippen molar-refractivity contribution in [2.45, 2.75) is 20.3 Å². The van der Waals surface area contributed by atoms with Crippen LogP contribution >= 0.6 is 12.2 Å². The van der Waals surface area contributed by atoms with E-state index in [1.165, 1.54) is 5.56 Å². The van der Waals surface area contributed by atoms with Crippen LogP contribution in [-0.2, 0) is 9.57 Å². The highest BCUT2D eigenvalue weighted by Gasteiger charge is 2.18. The second kappa shape index (κ2) is 4.84. The Balaban J connectivity index is 2.54. The highest BCUT2D eigenvalue weighted by atomic mass is 32.1. The van der Waals surface area contributed by atoms with Gasteiger partial charge in [-0.25, -0.2) is 0 Å². The van der Waals surface area contributed by atoms with Gasteiger partial charge in [-0.1, -0.05) is 11.2 Å². The van der Waals surface area contributed by atoms with Gasteiger partial charge in [-0.2, -0.15) is 0 Å². The molecule has 1 heterocycles. The maximum absolute atomic E-state index is 5.19. The monoisotopic (exact) mass is 249 g/mol. The number of benzene rings is 1. The normalized spacial score (nSPS) is 14.2. The molecule has 0 fully saturated rings. The maximum atomic E-state index is 5.19. The van der Waals surface area contributed by atoms with E-state index in [2.05, 4.69) is 12.1 Å². The Labute approximate surface area is 106 Å². The van der Waals surface area contributed by atoms with Crippen LogP contribution in [0.1, 0.15) is 28.7 Å². The third-order valence-electron chi connectivity index (χ3n) is 2.97. The lowest BCUT2D eigenvalue weighted by atomic mass is 9.93. The molecule has 0 amide bonds. The van der Waals surface area contributed by atoms with E-state index < -0.39 is 0 Å². The number of oxime groups is 1. The molecule has 1 aliphatic heterocycles. The fourth-order valence-corrected chi connectivity index (χ4v) is 2.33. The summed E-state index contributed by atoms with van der Waals surface area (Å²) in [7, 11) is 1.59. The zero-order valence-corrected chi connectivity index (χ0v) is 11.1. The minimum absolute atomic E-state index is 0.517. The minimum atomic E-state index is 0.517. The summed E-state index contributed by atoms with van der Waals surface area (Å²) in [5, 5.41) is 4.60. The molecule has 0 atom stereocenters. The first-order valence-corrected chi connectivity index (χ1v) is 5.93. The molecule has 1 aromatic carbocycles. The Morgan fingerprint density at radius 2 is 2.18 bits per heavy atom. The van der Waals surface area contributed by atoms with Gasteiger partial charge in [0.25, 0.3) is 0 Å². The summed E-state index contributed by atoms with van der Waals surface area (Å²) in [4.78, 5) is 5.07. The van der Waals surface area contributed by atoms with Crippen LogP contribution < -0.4 is 0 Å². The zero-order valence-electron chi connectivity index (χ0n) is 10.2. The van der Waals surface area contributed by atoms with Crippen LogP contribution in [0.4, 0.5) is 0 Å². The third-order valence-corrected chi connectivity index (χ3v) is 3.36. The molecule has 0 saturated heterocycles. The molecule has 0 saturated carbocycles. The Kier molecular flexibility index (Phi) is 3.43. The molecule has 90 valence electrons. The van der Waals surface area contributed by atoms with Gasteiger partial charge in [0.05, 0.1) is 12.8 Å². The number of ether oxygens (including phenoxy) is 1. The van der Waals surface area contributed by atoms with Crippen molar-refractivity contribution in [3.8, 4) is 0 Å². The van der Waals surface area contributed by atoms with Crippen LogP contribution in [0.15, 0.2) is 17.3 Å². The molecule has 0 aromatic heterocycles. The van der Waals surface area contributed by atoms with E-state index in [1.54, 1.807) is 7.11 Å². The number of aryl methyl sites for hydroxylation is 1. The molecule has 1 aromatic rings. The SMILES string of the molecule is COC(=S)c1ccc(C)c(C2=NOCC2)c1C. The van der Waals surface area contributed by atoms with Gasteiger partial charge >= 0.3 is 0 Å². The number of hydrogen-bond acceptors (Lipinski definition) is 4. The standard InChI is InChI=1S/C13H15NO2S/c1-8-4-5-10(13(17)15-3)9(2)12(8)11-6-7-16-14-11/h4-5H,6-7H2,1-3H3. The summed E-state index contributed by atoms with van der Waals surface area (Å²) >= 11 is 5.19. The molecular formula is C13H15NO2S. The van der Waals surface area contributed by atoms with Crippen molar-refractivity contribution in [2.24, 2.45) is 5.16 Å². The Morgan fingerprint density at radius 3 is 2.76 bits per heavy atom. The average Bonchev–Trinajstić information content (AvgIpc) is 2.82. The lowest BCUT2D eigenvalue weighted by molar-refractivity contribution is 0.174. The number of thiocarbonyl (C=S) groups is 1. The Bertz CT molecular complexity index is 494. The molecule has 0 aliphatic carbocycles. The van der Waals surface area contributed by atoms with Crippen molar-refractivity contribution in [3.05, 3.63) is 34.4 Å². The zero-order chi connectivity index (χ0) is 12.4. The van der Waals surface area contributed by atoms with E-state index in [-0.39, 0.29) is 0 Å². The summed E-state index contributed by atoms with van der Waals surface area (Å²) in [6.07, 6.45) is 0.852. The summed E-state index contributed by atoms with van der Waals surface area (Å²) in [6.45, 7) is 4.78. The van der Waals surface area contributed by atoms with E-state index in [0.717, 1.165) is 28.8 Å². The van der Waals surface area contributed by atoms with E-state index in [1.807, 2.05) is 19.1 Å². The van der Waals surface area contributed by atoms with E-state index in [9.17, 15) is 0 Å². The Morgan fingerprint density at radius 1 is 1.41 bits per heavy atom. The third kappa shape index (κ3) is 2.17. The molecule has 1 aliphatic rings. The molecule has 2 rings (SSSR count). The van der Waals surface area contributed by atoms with Gasteiger partial charge in [-0.05, 0) is 43.3 Å². The van der Waals surface area contributed by atoms with Crippen LogP contribution in [0.25, 0.3) is 0 Å². The number of methoxy groups -OCH3 is 1. The van der Waals surface area contributed by atoms with Gasteiger partial charge in [0.15, 0.2) is 5.05 Å². The van der Waals surface area contributed by atoms with Crippen LogP contribution in [0.2, 0.25) is 0 Å². The molecule has 0 bridgehead atoms. The summed E-state index contributed by atoms with van der Waals surface area (Å²) in [5.74, 6) is 0. The predicted octanol–water partition coefficient (Wildman–Crippen LogP) is 2.75. The van der Waals surface area contributed by atoms with Crippen molar-refractivity contribution in [3.63, 3.8) is 0 Å². The number of nitrogens with zero attached hydrogens (tertiary/aromatic N) is 1. The number of rotatable bonds is 2. The minimum Gasteiger partial charge on any atom is -0.486 e. The van der Waals surface area contributed by atoms with Gasteiger partial charge in [0.1, 0.15) is 6.61 Å². The first kappa shape index (κ1) is 12.0. The summed E-state index contributed by atoms with van der Waals surface area (Å²) in [6, 6.07) is 4.04.